The van der Waals surface area contributed by atoms with Crippen LogP contribution in [0.5, 0.6) is 5.75 Å². The van der Waals surface area contributed by atoms with E-state index in [-0.39, 0.29) is 22.7 Å². The number of anilines is 2. The standard InChI is InChI=1S/C9H10F2N2O3/c1-15-8(14)4-2-6(13)7(3-5(4)12)16-9(10)11/h2-3,9H,12-13H2,1H3. The summed E-state index contributed by atoms with van der Waals surface area (Å²) < 4.78 is 32.4. The zero-order chi connectivity index (χ0) is 12.3. The van der Waals surface area contributed by atoms with Gasteiger partial charge in [0.1, 0.15) is 0 Å². The van der Waals surface area contributed by atoms with Gasteiger partial charge in [0.15, 0.2) is 5.75 Å². The summed E-state index contributed by atoms with van der Waals surface area (Å²) in [6, 6.07) is 2.17. The third-order valence-electron chi connectivity index (χ3n) is 1.80. The van der Waals surface area contributed by atoms with Crippen LogP contribution in [0.3, 0.4) is 0 Å². The quantitative estimate of drug-likeness (QED) is 0.604. The Kier molecular flexibility index (Phi) is 3.49. The minimum atomic E-state index is -3.01. The summed E-state index contributed by atoms with van der Waals surface area (Å²) in [6.07, 6.45) is 0. The number of carbonyl (C=O) groups excluding carboxylic acids is 1. The molecule has 1 aromatic rings. The molecule has 0 aliphatic rings. The van der Waals surface area contributed by atoms with Gasteiger partial charge in [-0.1, -0.05) is 0 Å². The van der Waals surface area contributed by atoms with Crippen LogP contribution in [0, 0.1) is 0 Å². The van der Waals surface area contributed by atoms with Crippen molar-refractivity contribution in [2.75, 3.05) is 18.6 Å². The Morgan fingerprint density at radius 3 is 2.44 bits per heavy atom. The van der Waals surface area contributed by atoms with E-state index in [1.807, 2.05) is 0 Å². The van der Waals surface area contributed by atoms with Crippen LogP contribution in [0.1, 0.15) is 10.4 Å². The number of methoxy groups -OCH3 is 1. The molecule has 1 aromatic carbocycles. The zero-order valence-corrected chi connectivity index (χ0v) is 8.37. The van der Waals surface area contributed by atoms with E-state index >= 15 is 0 Å². The Labute approximate surface area is 89.9 Å². The van der Waals surface area contributed by atoms with Gasteiger partial charge in [0.05, 0.1) is 18.4 Å². The second kappa shape index (κ2) is 4.65. The molecule has 1 rings (SSSR count). The van der Waals surface area contributed by atoms with Gasteiger partial charge in [0.2, 0.25) is 0 Å². The Morgan fingerprint density at radius 2 is 1.94 bits per heavy atom. The van der Waals surface area contributed by atoms with Gasteiger partial charge >= 0.3 is 12.6 Å². The van der Waals surface area contributed by atoms with Crippen molar-refractivity contribution in [2.24, 2.45) is 0 Å². The van der Waals surface area contributed by atoms with Crippen LogP contribution >= 0.6 is 0 Å². The summed E-state index contributed by atoms with van der Waals surface area (Å²) >= 11 is 0. The summed E-state index contributed by atoms with van der Waals surface area (Å²) in [6.45, 7) is -3.01. The van der Waals surface area contributed by atoms with Crippen LogP contribution in [-0.4, -0.2) is 19.7 Å². The molecule has 0 amide bonds. The van der Waals surface area contributed by atoms with Gasteiger partial charge in [-0.2, -0.15) is 8.78 Å². The highest BCUT2D eigenvalue weighted by Gasteiger charge is 2.15. The molecule has 5 nitrogen and oxygen atoms in total. The first-order valence-corrected chi connectivity index (χ1v) is 4.17. The zero-order valence-electron chi connectivity index (χ0n) is 8.37. The van der Waals surface area contributed by atoms with Gasteiger partial charge in [-0.25, -0.2) is 4.79 Å². The number of halogens is 2. The third-order valence-corrected chi connectivity index (χ3v) is 1.80. The van der Waals surface area contributed by atoms with Gasteiger partial charge in [0.25, 0.3) is 0 Å². The molecule has 16 heavy (non-hydrogen) atoms. The number of ether oxygens (including phenoxy) is 2. The number of hydrogen-bond donors (Lipinski definition) is 2. The van der Waals surface area contributed by atoms with Gasteiger partial charge in [-0.3, -0.25) is 0 Å². The molecule has 0 radical (unpaired) electrons. The molecular weight excluding hydrogens is 222 g/mol. The fourth-order valence-corrected chi connectivity index (χ4v) is 1.10. The molecule has 7 heteroatoms. The number of rotatable bonds is 3. The van der Waals surface area contributed by atoms with Crippen molar-refractivity contribution < 1.29 is 23.0 Å². The summed E-state index contributed by atoms with van der Waals surface area (Å²) in [5.74, 6) is -0.979. The number of alkyl halides is 2. The SMILES string of the molecule is COC(=O)c1cc(N)c(OC(F)F)cc1N. The Balaban J connectivity index is 3.11. The van der Waals surface area contributed by atoms with Crippen LogP contribution in [0.4, 0.5) is 20.2 Å². The maximum atomic E-state index is 11.9. The maximum Gasteiger partial charge on any atom is 0.387 e. The number of carbonyl (C=O) groups is 1. The van der Waals surface area contributed by atoms with Crippen molar-refractivity contribution in [3.05, 3.63) is 17.7 Å². The van der Waals surface area contributed by atoms with Crippen LogP contribution in [-0.2, 0) is 4.74 Å². The van der Waals surface area contributed by atoms with Gasteiger partial charge in [-0.05, 0) is 6.07 Å². The minimum Gasteiger partial charge on any atom is -0.465 e. The molecular formula is C9H10F2N2O3. The van der Waals surface area contributed by atoms with E-state index in [0.29, 0.717) is 0 Å². The molecule has 0 spiro atoms. The molecule has 0 saturated carbocycles. The molecule has 0 fully saturated rings. The summed E-state index contributed by atoms with van der Waals surface area (Å²) in [5, 5.41) is 0. The number of nitrogen functional groups attached to an aromatic ring is 2. The van der Waals surface area contributed by atoms with E-state index in [0.717, 1.165) is 12.1 Å². The Bertz CT molecular complexity index is 410. The van der Waals surface area contributed by atoms with E-state index in [1.165, 1.54) is 7.11 Å². The lowest BCUT2D eigenvalue weighted by Crippen LogP contribution is -2.09. The molecule has 0 bridgehead atoms. The van der Waals surface area contributed by atoms with Crippen molar-refractivity contribution >= 4 is 17.3 Å². The minimum absolute atomic E-state index is 0.00150. The fourth-order valence-electron chi connectivity index (χ4n) is 1.10. The Morgan fingerprint density at radius 1 is 1.31 bits per heavy atom. The van der Waals surface area contributed by atoms with E-state index in [4.69, 9.17) is 11.5 Å². The van der Waals surface area contributed by atoms with Crippen molar-refractivity contribution in [1.29, 1.82) is 0 Å². The second-order valence-corrected chi connectivity index (χ2v) is 2.85. The smallest absolute Gasteiger partial charge is 0.387 e. The van der Waals surface area contributed by atoms with Gasteiger partial charge in [0, 0.05) is 11.8 Å². The first kappa shape index (κ1) is 12.0. The number of benzene rings is 1. The topological polar surface area (TPSA) is 87.6 Å². The highest BCUT2D eigenvalue weighted by atomic mass is 19.3. The Hall–Kier alpha value is -2.05. The third kappa shape index (κ3) is 2.50. The molecule has 88 valence electrons. The van der Waals surface area contributed by atoms with Gasteiger partial charge in [-0.15, -0.1) is 0 Å². The van der Waals surface area contributed by atoms with E-state index in [1.54, 1.807) is 0 Å². The average molecular weight is 232 g/mol. The summed E-state index contributed by atoms with van der Waals surface area (Å²) in [5.41, 5.74) is 10.7. The van der Waals surface area contributed by atoms with Crippen molar-refractivity contribution in [3.8, 4) is 5.75 Å². The molecule has 0 aromatic heterocycles. The van der Waals surface area contributed by atoms with Gasteiger partial charge < -0.3 is 20.9 Å². The molecule has 0 saturated heterocycles. The highest BCUT2D eigenvalue weighted by molar-refractivity contribution is 5.96. The van der Waals surface area contributed by atoms with Crippen molar-refractivity contribution in [1.82, 2.24) is 0 Å². The lowest BCUT2D eigenvalue weighted by atomic mass is 10.1. The molecule has 0 aliphatic heterocycles. The molecule has 0 atom stereocenters. The van der Waals surface area contributed by atoms with Crippen LogP contribution in [0.15, 0.2) is 12.1 Å². The monoisotopic (exact) mass is 232 g/mol. The average Bonchev–Trinajstić information content (AvgIpc) is 2.21. The molecule has 0 heterocycles. The first-order valence-electron chi connectivity index (χ1n) is 4.17. The lowest BCUT2D eigenvalue weighted by molar-refractivity contribution is -0.0492. The number of hydrogen-bond acceptors (Lipinski definition) is 5. The maximum absolute atomic E-state index is 11.9. The molecule has 4 N–H and O–H groups in total. The van der Waals surface area contributed by atoms with Crippen molar-refractivity contribution in [3.63, 3.8) is 0 Å². The normalized spacial score (nSPS) is 10.2. The summed E-state index contributed by atoms with van der Waals surface area (Å²) in [4.78, 5) is 11.2. The van der Waals surface area contributed by atoms with E-state index in [9.17, 15) is 13.6 Å². The predicted molar refractivity (Wildman–Crippen MR) is 53.2 cm³/mol. The second-order valence-electron chi connectivity index (χ2n) is 2.85. The highest BCUT2D eigenvalue weighted by Crippen LogP contribution is 2.29. The van der Waals surface area contributed by atoms with E-state index in [2.05, 4.69) is 9.47 Å². The van der Waals surface area contributed by atoms with Crippen molar-refractivity contribution in [2.45, 2.75) is 6.61 Å². The fraction of sp³-hybridized carbons (Fsp3) is 0.222. The van der Waals surface area contributed by atoms with Crippen LogP contribution in [0.2, 0.25) is 0 Å². The van der Waals surface area contributed by atoms with Crippen LogP contribution < -0.4 is 16.2 Å². The number of nitrogens with two attached hydrogens (primary N) is 2. The molecule has 0 aliphatic carbocycles. The van der Waals surface area contributed by atoms with E-state index < -0.39 is 12.6 Å². The largest absolute Gasteiger partial charge is 0.465 e. The molecule has 0 unspecified atom stereocenters. The van der Waals surface area contributed by atoms with Crippen LogP contribution in [0.25, 0.3) is 0 Å². The predicted octanol–water partition coefficient (Wildman–Crippen LogP) is 1.24. The summed E-state index contributed by atoms with van der Waals surface area (Å²) in [7, 11) is 1.17. The first-order chi connectivity index (χ1) is 7.45. The lowest BCUT2D eigenvalue weighted by Gasteiger charge is -2.10. The number of esters is 1.